The summed E-state index contributed by atoms with van der Waals surface area (Å²) in [6, 6.07) is 4.62. The highest BCUT2D eigenvalue weighted by Crippen LogP contribution is 2.12. The molecule has 92 valence electrons. The van der Waals surface area contributed by atoms with Gasteiger partial charge in [-0.3, -0.25) is 0 Å². The Bertz CT molecular complexity index is 478. The molecule has 0 aliphatic rings. The number of fused-ring (bicyclic) bond motifs is 1. The monoisotopic (exact) mass is 235 g/mol. The Balaban J connectivity index is 1.91. The van der Waals surface area contributed by atoms with Gasteiger partial charge in [0, 0.05) is 13.0 Å². The molecule has 0 amide bonds. The normalized spacial score (nSPS) is 11.2. The van der Waals surface area contributed by atoms with Crippen molar-refractivity contribution in [2.75, 3.05) is 13.1 Å². The molecular formula is C13H18FN3. The maximum Gasteiger partial charge on any atom is 0.125 e. The largest absolute Gasteiger partial charge is 0.342 e. The van der Waals surface area contributed by atoms with Crippen LogP contribution >= 0.6 is 0 Å². The van der Waals surface area contributed by atoms with Crippen LogP contribution in [0, 0.1) is 5.82 Å². The van der Waals surface area contributed by atoms with Crippen LogP contribution in [0.25, 0.3) is 11.0 Å². The molecule has 0 saturated carbocycles. The summed E-state index contributed by atoms with van der Waals surface area (Å²) in [6.45, 7) is 4.13. The Morgan fingerprint density at radius 2 is 2.24 bits per heavy atom. The number of aromatic nitrogens is 2. The van der Waals surface area contributed by atoms with E-state index in [1.807, 2.05) is 0 Å². The second-order valence-electron chi connectivity index (χ2n) is 4.20. The van der Waals surface area contributed by atoms with Gasteiger partial charge in [0.25, 0.3) is 0 Å². The average molecular weight is 235 g/mol. The zero-order valence-electron chi connectivity index (χ0n) is 10.1. The number of nitrogens with zero attached hydrogens (tertiary/aromatic N) is 1. The fourth-order valence-corrected chi connectivity index (χ4v) is 1.79. The van der Waals surface area contributed by atoms with Crippen molar-refractivity contribution >= 4 is 11.0 Å². The average Bonchev–Trinajstić information content (AvgIpc) is 2.70. The number of nitrogens with one attached hydrogen (secondary N) is 2. The molecule has 0 aliphatic carbocycles. The van der Waals surface area contributed by atoms with Gasteiger partial charge in [-0.25, -0.2) is 9.37 Å². The van der Waals surface area contributed by atoms with E-state index in [2.05, 4.69) is 22.2 Å². The third-order valence-corrected chi connectivity index (χ3v) is 2.74. The lowest BCUT2D eigenvalue weighted by molar-refractivity contribution is 0.629. The van der Waals surface area contributed by atoms with Crippen LogP contribution in [0.15, 0.2) is 18.2 Å². The van der Waals surface area contributed by atoms with E-state index < -0.39 is 0 Å². The Kier molecular flexibility index (Phi) is 4.09. The first-order chi connectivity index (χ1) is 8.29. The molecule has 1 aromatic heterocycles. The number of hydrogen-bond acceptors (Lipinski definition) is 2. The van der Waals surface area contributed by atoms with Gasteiger partial charge in [-0.05, 0) is 31.2 Å². The number of H-pyrrole nitrogens is 1. The molecule has 1 heterocycles. The summed E-state index contributed by atoms with van der Waals surface area (Å²) in [5.74, 6) is 0.684. The standard InChI is InChI=1S/C13H18FN3/c1-2-3-7-15-8-6-13-16-11-5-4-10(14)9-12(11)17-13/h4-5,9,15H,2-3,6-8H2,1H3,(H,16,17). The van der Waals surface area contributed by atoms with E-state index >= 15 is 0 Å². The molecule has 0 saturated heterocycles. The maximum atomic E-state index is 13.0. The van der Waals surface area contributed by atoms with Crippen LogP contribution in [-0.2, 0) is 6.42 Å². The number of unbranched alkanes of at least 4 members (excludes halogenated alkanes) is 1. The van der Waals surface area contributed by atoms with Crippen LogP contribution < -0.4 is 5.32 Å². The van der Waals surface area contributed by atoms with Crippen molar-refractivity contribution in [1.82, 2.24) is 15.3 Å². The predicted molar refractivity (Wildman–Crippen MR) is 67.5 cm³/mol. The quantitative estimate of drug-likeness (QED) is 0.756. The molecule has 0 radical (unpaired) electrons. The molecule has 0 unspecified atom stereocenters. The highest BCUT2D eigenvalue weighted by molar-refractivity contribution is 5.74. The fraction of sp³-hybridized carbons (Fsp3) is 0.462. The van der Waals surface area contributed by atoms with Crippen molar-refractivity contribution in [3.05, 3.63) is 29.8 Å². The van der Waals surface area contributed by atoms with Crippen LogP contribution in [0.5, 0.6) is 0 Å². The lowest BCUT2D eigenvalue weighted by Crippen LogP contribution is -2.18. The topological polar surface area (TPSA) is 40.7 Å². The minimum atomic E-state index is -0.228. The lowest BCUT2D eigenvalue weighted by atomic mass is 10.3. The van der Waals surface area contributed by atoms with E-state index in [0.29, 0.717) is 0 Å². The number of rotatable bonds is 6. The van der Waals surface area contributed by atoms with Crippen LogP contribution in [0.1, 0.15) is 25.6 Å². The molecule has 0 aliphatic heterocycles. The Labute approximate surface area is 100 Å². The molecule has 3 nitrogen and oxygen atoms in total. The number of benzene rings is 1. The van der Waals surface area contributed by atoms with Gasteiger partial charge < -0.3 is 10.3 Å². The second kappa shape index (κ2) is 5.77. The molecule has 4 heteroatoms. The minimum Gasteiger partial charge on any atom is -0.342 e. The van der Waals surface area contributed by atoms with E-state index in [9.17, 15) is 4.39 Å². The number of aromatic amines is 1. The maximum absolute atomic E-state index is 13.0. The predicted octanol–water partition coefficient (Wildman–Crippen LogP) is 2.63. The molecule has 2 N–H and O–H groups in total. The summed E-state index contributed by atoms with van der Waals surface area (Å²) in [7, 11) is 0. The van der Waals surface area contributed by atoms with Crippen LogP contribution in [0.2, 0.25) is 0 Å². The molecule has 0 fully saturated rings. The smallest absolute Gasteiger partial charge is 0.125 e. The van der Waals surface area contributed by atoms with E-state index in [1.165, 1.54) is 25.0 Å². The third-order valence-electron chi connectivity index (χ3n) is 2.74. The summed E-state index contributed by atoms with van der Waals surface area (Å²) in [5.41, 5.74) is 1.60. The van der Waals surface area contributed by atoms with Crippen molar-refractivity contribution in [1.29, 1.82) is 0 Å². The molecule has 0 bridgehead atoms. The van der Waals surface area contributed by atoms with E-state index in [1.54, 1.807) is 6.07 Å². The number of halogens is 1. The Morgan fingerprint density at radius 1 is 1.35 bits per heavy atom. The first kappa shape index (κ1) is 12.0. The molecule has 0 atom stereocenters. The molecule has 0 spiro atoms. The molecule has 17 heavy (non-hydrogen) atoms. The summed E-state index contributed by atoms with van der Waals surface area (Å²) >= 11 is 0. The first-order valence-electron chi connectivity index (χ1n) is 6.14. The minimum absolute atomic E-state index is 0.228. The highest BCUT2D eigenvalue weighted by Gasteiger charge is 2.03. The summed E-state index contributed by atoms with van der Waals surface area (Å²) in [6.07, 6.45) is 3.25. The molecule has 2 rings (SSSR count). The van der Waals surface area contributed by atoms with Gasteiger partial charge in [0.05, 0.1) is 11.0 Å². The van der Waals surface area contributed by atoms with Gasteiger partial charge in [-0.15, -0.1) is 0 Å². The van der Waals surface area contributed by atoms with Crippen molar-refractivity contribution in [2.24, 2.45) is 0 Å². The van der Waals surface area contributed by atoms with Crippen LogP contribution in [0.3, 0.4) is 0 Å². The Morgan fingerprint density at radius 3 is 3.06 bits per heavy atom. The van der Waals surface area contributed by atoms with Gasteiger partial charge in [-0.2, -0.15) is 0 Å². The zero-order valence-corrected chi connectivity index (χ0v) is 10.1. The summed E-state index contributed by atoms with van der Waals surface area (Å²) in [5, 5.41) is 3.36. The van der Waals surface area contributed by atoms with Crippen LogP contribution in [-0.4, -0.2) is 23.1 Å². The first-order valence-corrected chi connectivity index (χ1v) is 6.14. The van der Waals surface area contributed by atoms with Gasteiger partial charge in [0.15, 0.2) is 0 Å². The summed E-state index contributed by atoms with van der Waals surface area (Å²) in [4.78, 5) is 7.55. The van der Waals surface area contributed by atoms with Gasteiger partial charge in [-0.1, -0.05) is 13.3 Å². The molecular weight excluding hydrogens is 217 g/mol. The van der Waals surface area contributed by atoms with E-state index in [4.69, 9.17) is 0 Å². The number of hydrogen-bond donors (Lipinski definition) is 2. The Hall–Kier alpha value is -1.42. The van der Waals surface area contributed by atoms with Crippen molar-refractivity contribution in [2.45, 2.75) is 26.2 Å². The molecule has 2 aromatic rings. The van der Waals surface area contributed by atoms with E-state index in [-0.39, 0.29) is 5.82 Å². The number of imidazole rings is 1. The summed E-state index contributed by atoms with van der Waals surface area (Å²) < 4.78 is 13.0. The van der Waals surface area contributed by atoms with Crippen molar-refractivity contribution < 1.29 is 4.39 Å². The highest BCUT2D eigenvalue weighted by atomic mass is 19.1. The third kappa shape index (κ3) is 3.27. The van der Waals surface area contributed by atoms with Crippen molar-refractivity contribution in [3.63, 3.8) is 0 Å². The SMILES string of the molecule is CCCCNCCc1nc2ccc(F)cc2[nH]1. The van der Waals surface area contributed by atoms with Gasteiger partial charge >= 0.3 is 0 Å². The lowest BCUT2D eigenvalue weighted by Gasteiger charge is -2.00. The van der Waals surface area contributed by atoms with E-state index in [0.717, 1.165) is 36.4 Å². The van der Waals surface area contributed by atoms with Gasteiger partial charge in [0.1, 0.15) is 11.6 Å². The second-order valence-corrected chi connectivity index (χ2v) is 4.20. The van der Waals surface area contributed by atoms with Gasteiger partial charge in [0.2, 0.25) is 0 Å². The van der Waals surface area contributed by atoms with Crippen LogP contribution in [0.4, 0.5) is 4.39 Å². The fourth-order valence-electron chi connectivity index (χ4n) is 1.79. The van der Waals surface area contributed by atoms with Crippen molar-refractivity contribution in [3.8, 4) is 0 Å². The molecule has 1 aromatic carbocycles. The zero-order chi connectivity index (χ0) is 12.1.